The fourth-order valence-corrected chi connectivity index (χ4v) is 0.578. The lowest BCUT2D eigenvalue weighted by atomic mass is 10.2. The van der Waals surface area contributed by atoms with Crippen molar-refractivity contribution < 1.29 is 14.3 Å². The van der Waals surface area contributed by atoms with Crippen molar-refractivity contribution in [2.24, 2.45) is 0 Å². The number of hydrogen-bond acceptors (Lipinski definition) is 3. The quantitative estimate of drug-likeness (QED) is 0.449. The summed E-state index contributed by atoms with van der Waals surface area (Å²) in [5.41, 5.74) is 0. The molecule has 0 fully saturated rings. The minimum Gasteiger partial charge on any atom is -0.358 e. The van der Waals surface area contributed by atoms with E-state index in [0.29, 0.717) is 6.61 Å². The van der Waals surface area contributed by atoms with E-state index >= 15 is 0 Å². The van der Waals surface area contributed by atoms with E-state index in [4.69, 9.17) is 0 Å². The lowest BCUT2D eigenvalue weighted by Gasteiger charge is -2.08. The Morgan fingerprint density at radius 1 is 1.78 bits per heavy atom. The molecule has 1 atom stereocenters. The highest BCUT2D eigenvalue weighted by Crippen LogP contribution is 1.98. The minimum atomic E-state index is -0.977. The van der Waals surface area contributed by atoms with Gasteiger partial charge in [-0.15, -0.1) is 0 Å². The molecule has 1 heterocycles. The largest absolute Gasteiger partial charge is 0.358 e. The fourth-order valence-electron chi connectivity index (χ4n) is 0.578. The molecule has 0 aromatic rings. The highest BCUT2D eigenvalue weighted by molar-refractivity contribution is 6.04. The first-order chi connectivity index (χ1) is 4.34. The number of rotatable bonds is 1. The summed E-state index contributed by atoms with van der Waals surface area (Å²) in [6, 6.07) is 0. The molecule has 3 heteroatoms. The molecule has 0 saturated heterocycles. The molecule has 47 valence electrons. The Labute approximate surface area is 52.3 Å². The molecular weight excluding hydrogens is 120 g/mol. The third-order valence-corrected chi connectivity index (χ3v) is 1.01. The van der Waals surface area contributed by atoms with E-state index in [1.165, 1.54) is 12.4 Å². The summed E-state index contributed by atoms with van der Waals surface area (Å²) in [6.45, 7) is 0.325. The molecular formula is C6H5O3. The molecule has 0 saturated carbocycles. The molecule has 0 aromatic heterocycles. The van der Waals surface area contributed by atoms with Gasteiger partial charge in [-0.2, -0.15) is 0 Å². The predicted octanol–water partition coefficient (Wildman–Crippen LogP) is -0.380. The Balaban J connectivity index is 2.65. The van der Waals surface area contributed by atoms with E-state index in [2.05, 4.69) is 4.74 Å². The van der Waals surface area contributed by atoms with Crippen LogP contribution in [0.25, 0.3) is 0 Å². The molecule has 1 radical (unpaired) electrons. The summed E-state index contributed by atoms with van der Waals surface area (Å²) in [7, 11) is 0. The lowest BCUT2D eigenvalue weighted by molar-refractivity contribution is -0.122. The molecule has 0 bridgehead atoms. The predicted molar refractivity (Wildman–Crippen MR) is 29.6 cm³/mol. The van der Waals surface area contributed by atoms with Gasteiger partial charge in [0, 0.05) is 0 Å². The number of carbonyl (C=O) groups excluding carboxylic acids is 2. The van der Waals surface area contributed by atoms with E-state index in [-0.39, 0.29) is 5.78 Å². The maximum atomic E-state index is 10.6. The highest BCUT2D eigenvalue weighted by atomic mass is 16.5. The van der Waals surface area contributed by atoms with Crippen molar-refractivity contribution in [2.45, 2.75) is 6.10 Å². The van der Waals surface area contributed by atoms with Crippen molar-refractivity contribution in [3.8, 4) is 0 Å². The first kappa shape index (κ1) is 6.16. The molecule has 0 aliphatic carbocycles. The molecule has 1 rings (SSSR count). The zero-order chi connectivity index (χ0) is 6.69. The Morgan fingerprint density at radius 3 is 3.00 bits per heavy atom. The molecule has 0 N–H and O–H groups in total. The first-order valence-corrected chi connectivity index (χ1v) is 2.54. The van der Waals surface area contributed by atoms with Gasteiger partial charge in [-0.3, -0.25) is 9.59 Å². The second-order valence-electron chi connectivity index (χ2n) is 1.64. The van der Waals surface area contributed by atoms with Crippen LogP contribution in [0.1, 0.15) is 0 Å². The fraction of sp³-hybridized carbons (Fsp3) is 0.333. The second-order valence-corrected chi connectivity index (χ2v) is 1.64. The van der Waals surface area contributed by atoms with Crippen molar-refractivity contribution in [3.63, 3.8) is 0 Å². The van der Waals surface area contributed by atoms with Gasteiger partial charge in [0.2, 0.25) is 6.29 Å². The Kier molecular flexibility index (Phi) is 1.75. The topological polar surface area (TPSA) is 43.4 Å². The monoisotopic (exact) mass is 125 g/mol. The van der Waals surface area contributed by atoms with Crippen LogP contribution in [0.2, 0.25) is 0 Å². The van der Waals surface area contributed by atoms with Crippen LogP contribution < -0.4 is 0 Å². The van der Waals surface area contributed by atoms with Gasteiger partial charge in [0.15, 0.2) is 11.9 Å². The van der Waals surface area contributed by atoms with Crippen LogP contribution in [0.15, 0.2) is 12.2 Å². The zero-order valence-electron chi connectivity index (χ0n) is 4.66. The summed E-state index contributed by atoms with van der Waals surface area (Å²) < 4.78 is 4.68. The molecule has 9 heavy (non-hydrogen) atoms. The van der Waals surface area contributed by atoms with Crippen molar-refractivity contribution in [1.82, 2.24) is 0 Å². The summed E-state index contributed by atoms with van der Waals surface area (Å²) in [5, 5.41) is 0. The van der Waals surface area contributed by atoms with Gasteiger partial charge in [0.25, 0.3) is 0 Å². The van der Waals surface area contributed by atoms with Crippen molar-refractivity contribution in [2.75, 3.05) is 6.61 Å². The Hall–Kier alpha value is -0.960. The third kappa shape index (κ3) is 1.23. The van der Waals surface area contributed by atoms with Gasteiger partial charge >= 0.3 is 0 Å². The first-order valence-electron chi connectivity index (χ1n) is 2.54. The average molecular weight is 125 g/mol. The van der Waals surface area contributed by atoms with E-state index < -0.39 is 6.10 Å². The van der Waals surface area contributed by atoms with Crippen LogP contribution in [0, 0.1) is 0 Å². The van der Waals surface area contributed by atoms with Crippen LogP contribution in [0.5, 0.6) is 0 Å². The van der Waals surface area contributed by atoms with Crippen LogP contribution in [0.3, 0.4) is 0 Å². The standard InChI is InChI=1S/C6H5O3/c7-4-6-5(8)2-1-3-9-6/h1-2,6H,3H2. The Morgan fingerprint density at radius 2 is 2.56 bits per heavy atom. The lowest BCUT2D eigenvalue weighted by Crippen LogP contribution is -2.27. The van der Waals surface area contributed by atoms with Crippen LogP contribution >= 0.6 is 0 Å². The normalized spacial score (nSPS) is 26.2. The maximum Gasteiger partial charge on any atom is 0.238 e. The summed E-state index contributed by atoms with van der Waals surface area (Å²) >= 11 is 0. The van der Waals surface area contributed by atoms with E-state index in [0.717, 1.165) is 0 Å². The second kappa shape index (κ2) is 2.55. The molecule has 1 aliphatic rings. The van der Waals surface area contributed by atoms with Gasteiger partial charge in [-0.05, 0) is 6.08 Å². The molecule has 3 nitrogen and oxygen atoms in total. The number of ether oxygens (including phenoxy) is 1. The summed E-state index contributed by atoms with van der Waals surface area (Å²) in [6.07, 6.45) is 3.40. The van der Waals surface area contributed by atoms with Gasteiger partial charge in [-0.25, -0.2) is 0 Å². The number of hydrogen-bond donors (Lipinski definition) is 0. The smallest absolute Gasteiger partial charge is 0.238 e. The van der Waals surface area contributed by atoms with Crippen molar-refractivity contribution in [1.29, 1.82) is 0 Å². The van der Waals surface area contributed by atoms with Crippen LogP contribution in [0.4, 0.5) is 0 Å². The number of ketones is 1. The number of carbonyl (C=O) groups is 1. The van der Waals surface area contributed by atoms with Gasteiger partial charge in [0.1, 0.15) is 0 Å². The Bertz CT molecular complexity index is 160. The molecule has 0 amide bonds. The minimum absolute atomic E-state index is 0.323. The molecule has 0 aromatic carbocycles. The third-order valence-electron chi connectivity index (χ3n) is 1.01. The molecule has 1 unspecified atom stereocenters. The van der Waals surface area contributed by atoms with E-state index in [1.54, 1.807) is 6.08 Å². The average Bonchev–Trinajstić information content (AvgIpc) is 1.89. The highest BCUT2D eigenvalue weighted by Gasteiger charge is 2.18. The summed E-state index contributed by atoms with van der Waals surface area (Å²) in [5.74, 6) is -0.323. The van der Waals surface area contributed by atoms with Gasteiger partial charge in [-0.1, -0.05) is 6.08 Å². The summed E-state index contributed by atoms with van der Waals surface area (Å²) in [4.78, 5) is 20.4. The van der Waals surface area contributed by atoms with Gasteiger partial charge in [0.05, 0.1) is 6.61 Å². The van der Waals surface area contributed by atoms with Crippen LogP contribution in [-0.2, 0) is 14.3 Å². The molecule has 0 spiro atoms. The SMILES string of the molecule is O=[C]C1OCC=CC1=O. The van der Waals surface area contributed by atoms with Crippen molar-refractivity contribution in [3.05, 3.63) is 12.2 Å². The van der Waals surface area contributed by atoms with Crippen molar-refractivity contribution >= 4 is 12.1 Å². The van der Waals surface area contributed by atoms with E-state index in [1.807, 2.05) is 0 Å². The zero-order valence-corrected chi connectivity index (χ0v) is 4.66. The van der Waals surface area contributed by atoms with Crippen LogP contribution in [-0.4, -0.2) is 24.8 Å². The maximum absolute atomic E-state index is 10.6. The molecule has 1 aliphatic heterocycles. The van der Waals surface area contributed by atoms with E-state index in [9.17, 15) is 9.59 Å². The van der Waals surface area contributed by atoms with Gasteiger partial charge < -0.3 is 4.74 Å².